The number of aryl methyl sites for hydroxylation is 1. The molecule has 0 fully saturated rings. The first-order valence-electron chi connectivity index (χ1n) is 7.21. The molecule has 0 spiro atoms. The number of carbonyl (C=O) groups excluding carboxylic acids is 1. The third kappa shape index (κ3) is 3.35. The van der Waals surface area contributed by atoms with E-state index in [0.29, 0.717) is 6.42 Å². The number of hydrogen-bond acceptors (Lipinski definition) is 2. The standard InChI is InChI=1S/C17H22N2O/c1-4-5-11-19(3)16(20)12-15-10-9-14-8-6-7-13(2)17(14)18-15/h6-10H,4-5,11-12H2,1-3H3. The average molecular weight is 270 g/mol. The largest absolute Gasteiger partial charge is 0.345 e. The monoisotopic (exact) mass is 270 g/mol. The number of hydrogen-bond donors (Lipinski definition) is 0. The Hall–Kier alpha value is -1.90. The summed E-state index contributed by atoms with van der Waals surface area (Å²) in [7, 11) is 1.87. The van der Waals surface area contributed by atoms with Crippen LogP contribution in [0.2, 0.25) is 0 Å². The highest BCUT2D eigenvalue weighted by molar-refractivity contribution is 5.83. The molecule has 2 rings (SSSR count). The van der Waals surface area contributed by atoms with Gasteiger partial charge in [-0.15, -0.1) is 0 Å². The van der Waals surface area contributed by atoms with E-state index in [1.807, 2.05) is 44.3 Å². The van der Waals surface area contributed by atoms with Crippen molar-refractivity contribution in [2.45, 2.75) is 33.1 Å². The van der Waals surface area contributed by atoms with Gasteiger partial charge >= 0.3 is 0 Å². The lowest BCUT2D eigenvalue weighted by molar-refractivity contribution is -0.129. The van der Waals surface area contributed by atoms with E-state index in [4.69, 9.17) is 0 Å². The summed E-state index contributed by atoms with van der Waals surface area (Å²) in [6.45, 7) is 5.00. The Bertz CT molecular complexity index is 607. The number of aromatic nitrogens is 1. The van der Waals surface area contributed by atoms with E-state index >= 15 is 0 Å². The maximum atomic E-state index is 12.1. The summed E-state index contributed by atoms with van der Waals surface area (Å²) in [6.07, 6.45) is 2.53. The zero-order valence-corrected chi connectivity index (χ0v) is 12.5. The first-order chi connectivity index (χ1) is 9.61. The van der Waals surface area contributed by atoms with Crippen molar-refractivity contribution in [1.82, 2.24) is 9.88 Å². The number of pyridine rings is 1. The summed E-state index contributed by atoms with van der Waals surface area (Å²) in [4.78, 5) is 18.6. The fourth-order valence-corrected chi connectivity index (χ4v) is 2.24. The van der Waals surface area contributed by atoms with Gasteiger partial charge in [-0.05, 0) is 25.0 Å². The lowest BCUT2D eigenvalue weighted by Crippen LogP contribution is -2.29. The topological polar surface area (TPSA) is 33.2 Å². The van der Waals surface area contributed by atoms with Crippen LogP contribution in [0.25, 0.3) is 10.9 Å². The van der Waals surface area contributed by atoms with Crippen molar-refractivity contribution in [3.05, 3.63) is 41.6 Å². The van der Waals surface area contributed by atoms with Gasteiger partial charge in [0.25, 0.3) is 0 Å². The molecule has 3 heteroatoms. The van der Waals surface area contributed by atoms with Crippen LogP contribution < -0.4 is 0 Å². The predicted molar refractivity (Wildman–Crippen MR) is 82.7 cm³/mol. The van der Waals surface area contributed by atoms with Crippen molar-refractivity contribution >= 4 is 16.8 Å². The van der Waals surface area contributed by atoms with E-state index in [2.05, 4.69) is 11.9 Å². The van der Waals surface area contributed by atoms with Crippen LogP contribution in [0.15, 0.2) is 30.3 Å². The molecule has 0 unspecified atom stereocenters. The first kappa shape index (κ1) is 14.5. The van der Waals surface area contributed by atoms with Gasteiger partial charge in [-0.2, -0.15) is 0 Å². The molecule has 0 aliphatic rings. The normalized spacial score (nSPS) is 10.8. The number of amides is 1. The molecule has 0 saturated carbocycles. The van der Waals surface area contributed by atoms with E-state index in [1.165, 1.54) is 0 Å². The van der Waals surface area contributed by atoms with E-state index in [-0.39, 0.29) is 5.91 Å². The number of carbonyl (C=O) groups is 1. The molecule has 1 heterocycles. The second kappa shape index (κ2) is 6.51. The molecule has 1 aromatic heterocycles. The zero-order valence-electron chi connectivity index (χ0n) is 12.5. The fourth-order valence-electron chi connectivity index (χ4n) is 2.24. The fraction of sp³-hybridized carbons (Fsp3) is 0.412. The molecule has 0 bridgehead atoms. The Morgan fingerprint density at radius 2 is 2.05 bits per heavy atom. The number of likely N-dealkylation sites (N-methyl/N-ethyl adjacent to an activating group) is 1. The highest BCUT2D eigenvalue weighted by atomic mass is 16.2. The molecule has 0 radical (unpaired) electrons. The molecule has 0 N–H and O–H groups in total. The van der Waals surface area contributed by atoms with Gasteiger partial charge in [0.05, 0.1) is 17.6 Å². The van der Waals surface area contributed by atoms with E-state index in [0.717, 1.165) is 41.5 Å². The lowest BCUT2D eigenvalue weighted by atomic mass is 10.1. The van der Waals surface area contributed by atoms with E-state index in [9.17, 15) is 4.79 Å². The van der Waals surface area contributed by atoms with Gasteiger partial charge in [0.2, 0.25) is 5.91 Å². The second-order valence-electron chi connectivity index (χ2n) is 5.29. The minimum Gasteiger partial charge on any atom is -0.345 e. The molecule has 2 aromatic rings. The van der Waals surface area contributed by atoms with Crippen LogP contribution in [-0.4, -0.2) is 29.4 Å². The number of nitrogens with zero attached hydrogens (tertiary/aromatic N) is 2. The van der Waals surface area contributed by atoms with E-state index < -0.39 is 0 Å². The molecule has 0 atom stereocenters. The second-order valence-corrected chi connectivity index (χ2v) is 5.29. The van der Waals surface area contributed by atoms with Crippen molar-refractivity contribution in [1.29, 1.82) is 0 Å². The zero-order chi connectivity index (χ0) is 14.5. The van der Waals surface area contributed by atoms with Crippen molar-refractivity contribution < 1.29 is 4.79 Å². The molecule has 106 valence electrons. The Morgan fingerprint density at radius 1 is 1.25 bits per heavy atom. The average Bonchev–Trinajstić information content (AvgIpc) is 2.45. The maximum Gasteiger partial charge on any atom is 0.228 e. The number of benzene rings is 1. The number of unbranched alkanes of at least 4 members (excludes halogenated alkanes) is 1. The lowest BCUT2D eigenvalue weighted by Gasteiger charge is -2.16. The smallest absolute Gasteiger partial charge is 0.228 e. The van der Waals surface area contributed by atoms with Crippen molar-refractivity contribution in [3.8, 4) is 0 Å². The SMILES string of the molecule is CCCCN(C)C(=O)Cc1ccc2cccc(C)c2n1. The van der Waals surface area contributed by atoms with Crippen LogP contribution in [-0.2, 0) is 11.2 Å². The Kier molecular flexibility index (Phi) is 4.72. The Morgan fingerprint density at radius 3 is 2.80 bits per heavy atom. The van der Waals surface area contributed by atoms with Gasteiger partial charge in [0.1, 0.15) is 0 Å². The molecule has 3 nitrogen and oxygen atoms in total. The van der Waals surface area contributed by atoms with E-state index in [1.54, 1.807) is 4.90 Å². The molecule has 1 aromatic carbocycles. The highest BCUT2D eigenvalue weighted by Crippen LogP contribution is 2.16. The van der Waals surface area contributed by atoms with Crippen LogP contribution in [0.5, 0.6) is 0 Å². The van der Waals surface area contributed by atoms with Crippen LogP contribution in [0, 0.1) is 6.92 Å². The minimum absolute atomic E-state index is 0.138. The van der Waals surface area contributed by atoms with Crippen molar-refractivity contribution in [2.75, 3.05) is 13.6 Å². The Labute approximate surface area is 120 Å². The van der Waals surface area contributed by atoms with Gasteiger partial charge in [0, 0.05) is 19.0 Å². The summed E-state index contributed by atoms with van der Waals surface area (Å²) < 4.78 is 0. The maximum absolute atomic E-state index is 12.1. The third-order valence-corrected chi connectivity index (χ3v) is 3.58. The van der Waals surface area contributed by atoms with Gasteiger partial charge in [-0.25, -0.2) is 0 Å². The number of fused-ring (bicyclic) bond motifs is 1. The summed E-state index contributed by atoms with van der Waals surface area (Å²) in [6, 6.07) is 10.1. The molecule has 0 aliphatic heterocycles. The molecule has 20 heavy (non-hydrogen) atoms. The summed E-state index contributed by atoms with van der Waals surface area (Å²) in [5, 5.41) is 1.13. The molecular weight excluding hydrogens is 248 g/mol. The molecule has 0 saturated heterocycles. The summed E-state index contributed by atoms with van der Waals surface area (Å²) >= 11 is 0. The quantitative estimate of drug-likeness (QED) is 0.835. The van der Waals surface area contributed by atoms with Gasteiger partial charge in [-0.3, -0.25) is 9.78 Å². The van der Waals surface area contributed by atoms with Gasteiger partial charge in [0.15, 0.2) is 0 Å². The van der Waals surface area contributed by atoms with Crippen molar-refractivity contribution in [3.63, 3.8) is 0 Å². The minimum atomic E-state index is 0.138. The molecular formula is C17H22N2O. The van der Waals surface area contributed by atoms with Crippen molar-refractivity contribution in [2.24, 2.45) is 0 Å². The van der Waals surface area contributed by atoms with Crippen LogP contribution in [0.3, 0.4) is 0 Å². The van der Waals surface area contributed by atoms with Gasteiger partial charge in [-0.1, -0.05) is 37.6 Å². The summed E-state index contributed by atoms with van der Waals surface area (Å²) in [5.41, 5.74) is 2.99. The van der Waals surface area contributed by atoms with Crippen LogP contribution in [0.1, 0.15) is 31.0 Å². The Balaban J connectivity index is 2.13. The number of para-hydroxylation sites is 1. The van der Waals surface area contributed by atoms with Crippen LogP contribution in [0.4, 0.5) is 0 Å². The molecule has 1 amide bonds. The number of rotatable bonds is 5. The van der Waals surface area contributed by atoms with Crippen LogP contribution >= 0.6 is 0 Å². The predicted octanol–water partition coefficient (Wildman–Crippen LogP) is 3.34. The first-order valence-corrected chi connectivity index (χ1v) is 7.21. The third-order valence-electron chi connectivity index (χ3n) is 3.58. The van der Waals surface area contributed by atoms with Gasteiger partial charge < -0.3 is 4.90 Å². The highest BCUT2D eigenvalue weighted by Gasteiger charge is 2.10. The molecule has 0 aliphatic carbocycles. The summed E-state index contributed by atoms with van der Waals surface area (Å²) in [5.74, 6) is 0.138.